The highest BCUT2D eigenvalue weighted by Gasteiger charge is 2.27. The van der Waals surface area contributed by atoms with Crippen LogP contribution in [0.25, 0.3) is 0 Å². The van der Waals surface area contributed by atoms with Gasteiger partial charge in [-0.15, -0.1) is 0 Å². The fourth-order valence-electron chi connectivity index (χ4n) is 3.09. The van der Waals surface area contributed by atoms with Crippen LogP contribution < -0.4 is 10.2 Å². The van der Waals surface area contributed by atoms with E-state index in [-0.39, 0.29) is 24.5 Å². The smallest absolute Gasteiger partial charge is 0.126 e. The second kappa shape index (κ2) is 7.23. The summed E-state index contributed by atoms with van der Waals surface area (Å²) in [6, 6.07) is 3.86. The second-order valence-electron chi connectivity index (χ2n) is 6.01. The predicted molar refractivity (Wildman–Crippen MR) is 85.3 cm³/mol. The van der Waals surface area contributed by atoms with Gasteiger partial charge in [0, 0.05) is 18.3 Å². The van der Waals surface area contributed by atoms with Crippen LogP contribution in [0.4, 0.5) is 10.1 Å². The van der Waals surface area contributed by atoms with Crippen molar-refractivity contribution in [1.82, 2.24) is 5.32 Å². The summed E-state index contributed by atoms with van der Waals surface area (Å²) in [5.41, 5.74) is 2.73. The number of aryl methyl sites for hydroxylation is 1. The highest BCUT2D eigenvalue weighted by molar-refractivity contribution is 5.58. The molecule has 0 aromatic heterocycles. The van der Waals surface area contributed by atoms with E-state index in [1.54, 1.807) is 13.0 Å². The van der Waals surface area contributed by atoms with Crippen LogP contribution in [-0.4, -0.2) is 30.8 Å². The number of anilines is 1. The number of benzene rings is 1. The predicted octanol–water partition coefficient (Wildman–Crippen LogP) is 3.16. The summed E-state index contributed by atoms with van der Waals surface area (Å²) < 4.78 is 14.0. The fourth-order valence-corrected chi connectivity index (χ4v) is 3.09. The standard InChI is InChI=1S/C17H27FN2O/c1-4-7-19-13(3)15-10-16(18)12(2)9-17(15)20-8-5-6-14(20)11-21/h9-10,13-14,19,21H,4-8,11H2,1-3H3. The molecule has 2 atom stereocenters. The Balaban J connectivity index is 2.35. The Hall–Kier alpha value is -1.13. The largest absolute Gasteiger partial charge is 0.394 e. The summed E-state index contributed by atoms with van der Waals surface area (Å²) in [7, 11) is 0. The Morgan fingerprint density at radius 3 is 2.90 bits per heavy atom. The molecule has 2 unspecified atom stereocenters. The van der Waals surface area contributed by atoms with Crippen LogP contribution in [0.15, 0.2) is 12.1 Å². The Morgan fingerprint density at radius 1 is 1.48 bits per heavy atom. The van der Waals surface area contributed by atoms with Crippen molar-refractivity contribution in [3.8, 4) is 0 Å². The van der Waals surface area contributed by atoms with Gasteiger partial charge in [0.05, 0.1) is 12.6 Å². The first-order chi connectivity index (χ1) is 10.1. The zero-order chi connectivity index (χ0) is 15.4. The molecule has 0 aliphatic carbocycles. The SMILES string of the molecule is CCCNC(C)c1cc(F)c(C)cc1N1CCCC1CO. The first kappa shape index (κ1) is 16.2. The minimum Gasteiger partial charge on any atom is -0.394 e. The van der Waals surface area contributed by atoms with Gasteiger partial charge in [-0.1, -0.05) is 6.92 Å². The van der Waals surface area contributed by atoms with Crippen LogP contribution >= 0.6 is 0 Å². The molecule has 0 amide bonds. The van der Waals surface area contributed by atoms with E-state index >= 15 is 0 Å². The molecule has 1 aliphatic rings. The van der Waals surface area contributed by atoms with Crippen molar-refractivity contribution in [3.63, 3.8) is 0 Å². The van der Waals surface area contributed by atoms with Crippen LogP contribution in [0.3, 0.4) is 0 Å². The molecule has 3 nitrogen and oxygen atoms in total. The van der Waals surface area contributed by atoms with Crippen LogP contribution in [0.2, 0.25) is 0 Å². The van der Waals surface area contributed by atoms with Gasteiger partial charge < -0.3 is 15.3 Å². The van der Waals surface area contributed by atoms with Crippen LogP contribution in [-0.2, 0) is 0 Å². The van der Waals surface area contributed by atoms with E-state index in [1.165, 1.54) is 0 Å². The van der Waals surface area contributed by atoms with Crippen molar-refractivity contribution in [2.24, 2.45) is 0 Å². The Labute approximate surface area is 127 Å². The molecule has 118 valence electrons. The van der Waals surface area contributed by atoms with E-state index in [4.69, 9.17) is 0 Å². The molecular formula is C17H27FN2O. The third kappa shape index (κ3) is 3.55. The monoisotopic (exact) mass is 294 g/mol. The van der Waals surface area contributed by atoms with Gasteiger partial charge >= 0.3 is 0 Å². The number of aliphatic hydroxyl groups excluding tert-OH is 1. The average molecular weight is 294 g/mol. The highest BCUT2D eigenvalue weighted by Crippen LogP contribution is 2.34. The lowest BCUT2D eigenvalue weighted by Crippen LogP contribution is -2.34. The fraction of sp³-hybridized carbons (Fsp3) is 0.647. The molecule has 1 aliphatic heterocycles. The Bertz CT molecular complexity index is 478. The molecule has 1 heterocycles. The van der Waals surface area contributed by atoms with E-state index in [0.29, 0.717) is 5.56 Å². The van der Waals surface area contributed by atoms with Gasteiger partial charge in [0.2, 0.25) is 0 Å². The number of nitrogens with zero attached hydrogens (tertiary/aromatic N) is 1. The van der Waals surface area contributed by atoms with E-state index in [1.807, 2.05) is 6.07 Å². The molecule has 1 aromatic rings. The average Bonchev–Trinajstić information content (AvgIpc) is 2.95. The van der Waals surface area contributed by atoms with E-state index in [2.05, 4.69) is 24.1 Å². The zero-order valence-electron chi connectivity index (χ0n) is 13.3. The first-order valence-electron chi connectivity index (χ1n) is 7.99. The van der Waals surface area contributed by atoms with Gasteiger partial charge in [-0.25, -0.2) is 4.39 Å². The van der Waals surface area contributed by atoms with Crippen molar-refractivity contribution < 1.29 is 9.50 Å². The number of nitrogens with one attached hydrogen (secondary N) is 1. The lowest BCUT2D eigenvalue weighted by molar-refractivity contribution is 0.266. The summed E-state index contributed by atoms with van der Waals surface area (Å²) in [6.07, 6.45) is 3.14. The van der Waals surface area contributed by atoms with E-state index in [0.717, 1.165) is 43.6 Å². The quantitative estimate of drug-likeness (QED) is 0.846. The number of hydrogen-bond donors (Lipinski definition) is 2. The second-order valence-corrected chi connectivity index (χ2v) is 6.01. The highest BCUT2D eigenvalue weighted by atomic mass is 19.1. The molecule has 1 saturated heterocycles. The molecule has 2 N–H and O–H groups in total. The first-order valence-corrected chi connectivity index (χ1v) is 7.99. The third-order valence-corrected chi connectivity index (χ3v) is 4.37. The van der Waals surface area contributed by atoms with Crippen molar-refractivity contribution >= 4 is 5.69 Å². The number of halogens is 1. The van der Waals surface area contributed by atoms with Gasteiger partial charge in [-0.05, 0) is 62.9 Å². The Morgan fingerprint density at radius 2 is 2.24 bits per heavy atom. The summed E-state index contributed by atoms with van der Waals surface area (Å²) >= 11 is 0. The van der Waals surface area contributed by atoms with E-state index < -0.39 is 0 Å². The van der Waals surface area contributed by atoms with Gasteiger partial charge in [0.15, 0.2) is 0 Å². The zero-order valence-corrected chi connectivity index (χ0v) is 13.3. The molecular weight excluding hydrogens is 267 g/mol. The molecule has 1 aromatic carbocycles. The molecule has 0 saturated carbocycles. The van der Waals surface area contributed by atoms with Crippen molar-refractivity contribution in [2.45, 2.75) is 52.1 Å². The van der Waals surface area contributed by atoms with Gasteiger partial charge in [0.1, 0.15) is 5.82 Å². The van der Waals surface area contributed by atoms with Crippen molar-refractivity contribution in [1.29, 1.82) is 0 Å². The summed E-state index contributed by atoms with van der Waals surface area (Å²) in [6.45, 7) is 8.01. The molecule has 1 fully saturated rings. The summed E-state index contributed by atoms with van der Waals surface area (Å²) in [5, 5.41) is 13.0. The molecule has 0 spiro atoms. The topological polar surface area (TPSA) is 35.5 Å². The van der Waals surface area contributed by atoms with Crippen LogP contribution in [0.1, 0.15) is 50.3 Å². The maximum atomic E-state index is 14.0. The van der Waals surface area contributed by atoms with Crippen LogP contribution in [0.5, 0.6) is 0 Å². The van der Waals surface area contributed by atoms with Gasteiger partial charge in [-0.2, -0.15) is 0 Å². The van der Waals surface area contributed by atoms with Crippen LogP contribution in [0, 0.1) is 12.7 Å². The maximum absolute atomic E-state index is 14.0. The Kier molecular flexibility index (Phi) is 5.59. The number of hydrogen-bond acceptors (Lipinski definition) is 3. The van der Waals surface area contributed by atoms with Gasteiger partial charge in [0.25, 0.3) is 0 Å². The third-order valence-electron chi connectivity index (χ3n) is 4.37. The number of rotatable bonds is 6. The summed E-state index contributed by atoms with van der Waals surface area (Å²) in [4.78, 5) is 2.24. The normalized spacial score (nSPS) is 20.0. The lowest BCUT2D eigenvalue weighted by Gasteiger charge is -2.30. The minimum absolute atomic E-state index is 0.106. The maximum Gasteiger partial charge on any atom is 0.126 e. The number of aliphatic hydroxyl groups is 1. The lowest BCUT2D eigenvalue weighted by atomic mass is 10.0. The van der Waals surface area contributed by atoms with Crippen molar-refractivity contribution in [3.05, 3.63) is 29.1 Å². The molecule has 21 heavy (non-hydrogen) atoms. The molecule has 2 rings (SSSR count). The van der Waals surface area contributed by atoms with E-state index in [9.17, 15) is 9.50 Å². The summed E-state index contributed by atoms with van der Waals surface area (Å²) in [5.74, 6) is -0.154. The van der Waals surface area contributed by atoms with Gasteiger partial charge in [-0.3, -0.25) is 0 Å². The molecule has 0 bridgehead atoms. The van der Waals surface area contributed by atoms with Crippen molar-refractivity contribution in [2.75, 3.05) is 24.6 Å². The molecule has 0 radical (unpaired) electrons. The minimum atomic E-state index is -0.154. The molecule has 4 heteroatoms.